The predicted molar refractivity (Wildman–Crippen MR) is 66.3 cm³/mol. The summed E-state index contributed by atoms with van der Waals surface area (Å²) >= 11 is 0. The van der Waals surface area contributed by atoms with Crippen LogP contribution in [0.2, 0.25) is 0 Å². The molecule has 4 heteroatoms. The second-order valence-electron chi connectivity index (χ2n) is 4.11. The van der Waals surface area contributed by atoms with Gasteiger partial charge in [0.25, 0.3) is 0 Å². The lowest BCUT2D eigenvalue weighted by atomic mass is 9.95. The Hall–Kier alpha value is -1.52. The maximum atomic E-state index is 10.0. The molecule has 0 amide bonds. The van der Waals surface area contributed by atoms with E-state index in [0.717, 1.165) is 27.7 Å². The van der Waals surface area contributed by atoms with E-state index >= 15 is 0 Å². The van der Waals surface area contributed by atoms with Gasteiger partial charge in [0.05, 0.1) is 24.9 Å². The molecule has 0 fully saturated rings. The maximum absolute atomic E-state index is 10.0. The third-order valence-electron chi connectivity index (χ3n) is 3.22. The molecule has 1 atom stereocenters. The number of aliphatic hydroxyl groups is 1. The van der Waals surface area contributed by atoms with E-state index in [1.807, 2.05) is 19.9 Å². The van der Waals surface area contributed by atoms with Gasteiger partial charge >= 0.3 is 0 Å². The standard InChI is InChI=1S/C13H17NO3/c1-7-8(2)12-9(4-5-17-12)13(16-3)11(7)10(15)6-14/h4-5,10,15H,6,14H2,1-3H3. The molecule has 4 nitrogen and oxygen atoms in total. The van der Waals surface area contributed by atoms with Crippen molar-refractivity contribution < 1.29 is 14.3 Å². The number of rotatable bonds is 3. The highest BCUT2D eigenvalue weighted by molar-refractivity contribution is 5.89. The molecule has 3 N–H and O–H groups in total. The normalized spacial score (nSPS) is 13.0. The summed E-state index contributed by atoms with van der Waals surface area (Å²) < 4.78 is 10.8. The highest BCUT2D eigenvalue weighted by Gasteiger charge is 2.21. The van der Waals surface area contributed by atoms with Crippen molar-refractivity contribution in [2.75, 3.05) is 13.7 Å². The Morgan fingerprint density at radius 2 is 2.12 bits per heavy atom. The summed E-state index contributed by atoms with van der Waals surface area (Å²) in [5.74, 6) is 0.648. The van der Waals surface area contributed by atoms with Crippen LogP contribution in [-0.2, 0) is 0 Å². The van der Waals surface area contributed by atoms with Gasteiger partial charge in [-0.3, -0.25) is 0 Å². The molecule has 0 spiro atoms. The van der Waals surface area contributed by atoms with E-state index < -0.39 is 6.10 Å². The summed E-state index contributed by atoms with van der Waals surface area (Å²) in [6.07, 6.45) is 0.904. The number of methoxy groups -OCH3 is 1. The quantitative estimate of drug-likeness (QED) is 0.854. The predicted octanol–water partition coefficient (Wildman–Crippen LogP) is 2.05. The Labute approximate surface area is 100.0 Å². The largest absolute Gasteiger partial charge is 0.496 e. The Kier molecular flexibility index (Phi) is 3.09. The van der Waals surface area contributed by atoms with Gasteiger partial charge in [-0.2, -0.15) is 0 Å². The van der Waals surface area contributed by atoms with Crippen LogP contribution in [-0.4, -0.2) is 18.8 Å². The van der Waals surface area contributed by atoms with Crippen LogP contribution in [0.5, 0.6) is 5.75 Å². The van der Waals surface area contributed by atoms with Crippen molar-refractivity contribution in [1.82, 2.24) is 0 Å². The number of hydrogen-bond acceptors (Lipinski definition) is 4. The van der Waals surface area contributed by atoms with E-state index in [-0.39, 0.29) is 6.54 Å². The van der Waals surface area contributed by atoms with Crippen LogP contribution >= 0.6 is 0 Å². The van der Waals surface area contributed by atoms with Gasteiger partial charge in [-0.05, 0) is 31.0 Å². The number of aryl methyl sites for hydroxylation is 1. The van der Waals surface area contributed by atoms with E-state index in [1.54, 1.807) is 13.4 Å². The van der Waals surface area contributed by atoms with Gasteiger partial charge in [-0.25, -0.2) is 0 Å². The van der Waals surface area contributed by atoms with Crippen molar-refractivity contribution in [2.24, 2.45) is 5.73 Å². The molecule has 2 rings (SSSR count). The van der Waals surface area contributed by atoms with E-state index in [1.165, 1.54) is 0 Å². The van der Waals surface area contributed by atoms with Crippen LogP contribution in [0.25, 0.3) is 11.0 Å². The molecule has 17 heavy (non-hydrogen) atoms. The average Bonchev–Trinajstić information content (AvgIpc) is 2.81. The van der Waals surface area contributed by atoms with Gasteiger partial charge in [0.15, 0.2) is 0 Å². The number of aliphatic hydroxyl groups excluding tert-OH is 1. The van der Waals surface area contributed by atoms with Gasteiger partial charge in [0, 0.05) is 12.1 Å². The fourth-order valence-electron chi connectivity index (χ4n) is 2.21. The molecular formula is C13H17NO3. The maximum Gasteiger partial charge on any atom is 0.140 e. The fourth-order valence-corrected chi connectivity index (χ4v) is 2.21. The van der Waals surface area contributed by atoms with Gasteiger partial charge in [0.1, 0.15) is 11.3 Å². The second kappa shape index (κ2) is 4.39. The Bertz CT molecular complexity index is 545. The number of ether oxygens (including phenoxy) is 1. The van der Waals surface area contributed by atoms with Crippen LogP contribution in [0.15, 0.2) is 16.7 Å². The first kappa shape index (κ1) is 12.0. The first-order valence-electron chi connectivity index (χ1n) is 5.54. The first-order valence-corrected chi connectivity index (χ1v) is 5.54. The summed E-state index contributed by atoms with van der Waals surface area (Å²) in [5, 5.41) is 10.9. The van der Waals surface area contributed by atoms with Crippen molar-refractivity contribution in [3.63, 3.8) is 0 Å². The number of fused-ring (bicyclic) bond motifs is 1. The topological polar surface area (TPSA) is 68.6 Å². The summed E-state index contributed by atoms with van der Waals surface area (Å²) in [5.41, 5.74) is 9.05. The molecule has 1 unspecified atom stereocenters. The van der Waals surface area contributed by atoms with Crippen LogP contribution in [0.4, 0.5) is 0 Å². The Morgan fingerprint density at radius 1 is 1.41 bits per heavy atom. The van der Waals surface area contributed by atoms with E-state index in [0.29, 0.717) is 5.75 Å². The highest BCUT2D eigenvalue weighted by atomic mass is 16.5. The smallest absolute Gasteiger partial charge is 0.140 e. The molecule has 2 aromatic rings. The molecular weight excluding hydrogens is 218 g/mol. The third kappa shape index (κ3) is 1.69. The summed E-state index contributed by atoms with van der Waals surface area (Å²) in [6, 6.07) is 1.84. The molecule has 1 aromatic carbocycles. The Morgan fingerprint density at radius 3 is 2.71 bits per heavy atom. The van der Waals surface area contributed by atoms with Crippen LogP contribution in [0, 0.1) is 13.8 Å². The minimum atomic E-state index is -0.719. The average molecular weight is 235 g/mol. The molecule has 0 aliphatic heterocycles. The van der Waals surface area contributed by atoms with Gasteiger partial charge in [0.2, 0.25) is 0 Å². The molecule has 92 valence electrons. The zero-order valence-electron chi connectivity index (χ0n) is 10.3. The summed E-state index contributed by atoms with van der Waals surface area (Å²) in [7, 11) is 1.59. The Balaban J connectivity index is 2.84. The third-order valence-corrected chi connectivity index (χ3v) is 3.22. The fraction of sp³-hybridized carbons (Fsp3) is 0.385. The van der Waals surface area contributed by atoms with Gasteiger partial charge < -0.3 is 20.0 Å². The minimum Gasteiger partial charge on any atom is -0.496 e. The number of nitrogens with two attached hydrogens (primary N) is 1. The van der Waals surface area contributed by atoms with Crippen LogP contribution in [0.1, 0.15) is 22.8 Å². The minimum absolute atomic E-state index is 0.167. The lowest BCUT2D eigenvalue weighted by molar-refractivity contribution is 0.181. The lowest BCUT2D eigenvalue weighted by Gasteiger charge is -2.18. The molecule has 1 heterocycles. The molecule has 0 bridgehead atoms. The molecule has 0 aliphatic carbocycles. The van der Waals surface area contributed by atoms with Crippen LogP contribution < -0.4 is 10.5 Å². The van der Waals surface area contributed by atoms with E-state index in [9.17, 15) is 5.11 Å². The second-order valence-corrected chi connectivity index (χ2v) is 4.11. The number of hydrogen-bond donors (Lipinski definition) is 2. The van der Waals surface area contributed by atoms with Crippen molar-refractivity contribution in [3.05, 3.63) is 29.0 Å². The molecule has 1 aromatic heterocycles. The monoisotopic (exact) mass is 235 g/mol. The highest BCUT2D eigenvalue weighted by Crippen LogP contribution is 2.39. The van der Waals surface area contributed by atoms with E-state index in [2.05, 4.69) is 0 Å². The molecule has 0 saturated heterocycles. The van der Waals surface area contributed by atoms with Crippen molar-refractivity contribution in [2.45, 2.75) is 20.0 Å². The van der Waals surface area contributed by atoms with Gasteiger partial charge in [-0.1, -0.05) is 0 Å². The zero-order chi connectivity index (χ0) is 12.6. The van der Waals surface area contributed by atoms with Crippen LogP contribution in [0.3, 0.4) is 0 Å². The van der Waals surface area contributed by atoms with Crippen molar-refractivity contribution in [1.29, 1.82) is 0 Å². The van der Waals surface area contributed by atoms with Crippen molar-refractivity contribution in [3.8, 4) is 5.75 Å². The number of furan rings is 1. The summed E-state index contributed by atoms with van der Waals surface area (Å²) in [6.45, 7) is 4.07. The first-order chi connectivity index (χ1) is 8.11. The lowest BCUT2D eigenvalue weighted by Crippen LogP contribution is -2.14. The zero-order valence-corrected chi connectivity index (χ0v) is 10.3. The van der Waals surface area contributed by atoms with E-state index in [4.69, 9.17) is 14.9 Å². The summed E-state index contributed by atoms with van der Waals surface area (Å²) in [4.78, 5) is 0. The number of benzene rings is 1. The molecule has 0 radical (unpaired) electrons. The molecule has 0 aliphatic rings. The SMILES string of the molecule is COc1c(C(O)CN)c(C)c(C)c2occc12. The molecule has 0 saturated carbocycles. The van der Waals surface area contributed by atoms with Gasteiger partial charge in [-0.15, -0.1) is 0 Å². The van der Waals surface area contributed by atoms with Crippen molar-refractivity contribution >= 4 is 11.0 Å².